The number of hydrogen-bond acceptors (Lipinski definition) is 4. The number of benzene rings is 1. The van der Waals surface area contributed by atoms with Gasteiger partial charge >= 0.3 is 6.09 Å². The van der Waals surface area contributed by atoms with Crippen molar-refractivity contribution in [3.05, 3.63) is 28.2 Å². The lowest BCUT2D eigenvalue weighted by Gasteiger charge is -2.19. The molecule has 20 heavy (non-hydrogen) atoms. The molecule has 0 fully saturated rings. The second kappa shape index (κ2) is 7.50. The molecule has 0 saturated heterocycles. The van der Waals surface area contributed by atoms with Crippen LogP contribution in [-0.2, 0) is 11.3 Å². The molecule has 0 aliphatic rings. The van der Waals surface area contributed by atoms with Gasteiger partial charge in [-0.25, -0.2) is 4.79 Å². The molecule has 6 heteroatoms. The Balaban J connectivity index is 2.23. The predicted octanol–water partition coefficient (Wildman–Crippen LogP) is 2.77. The number of amides is 1. The molecule has 1 rings (SSSR count). The van der Waals surface area contributed by atoms with Crippen LogP contribution in [0, 0.1) is 0 Å². The number of para-hydroxylation sites is 1. The number of aromatic hydroxyl groups is 1. The average Bonchev–Trinajstić information content (AvgIpc) is 2.31. The van der Waals surface area contributed by atoms with Crippen LogP contribution in [0.5, 0.6) is 5.75 Å². The molecule has 3 N–H and O–H groups in total. The maximum atomic E-state index is 11.4. The van der Waals surface area contributed by atoms with Crippen LogP contribution >= 0.6 is 15.9 Å². The third kappa shape index (κ3) is 6.25. The lowest BCUT2D eigenvalue weighted by atomic mass is 10.2. The molecule has 0 spiro atoms. The maximum Gasteiger partial charge on any atom is 0.407 e. The molecule has 1 aromatic rings. The third-order valence-corrected chi connectivity index (χ3v) is 3.00. The van der Waals surface area contributed by atoms with Gasteiger partial charge in [-0.05, 0) is 42.8 Å². The minimum absolute atomic E-state index is 0.236. The van der Waals surface area contributed by atoms with Gasteiger partial charge in [0, 0.05) is 25.2 Å². The van der Waals surface area contributed by atoms with Crippen LogP contribution < -0.4 is 10.6 Å². The Morgan fingerprint density at radius 3 is 2.70 bits per heavy atom. The van der Waals surface area contributed by atoms with Gasteiger partial charge in [0.2, 0.25) is 0 Å². The monoisotopic (exact) mass is 344 g/mol. The van der Waals surface area contributed by atoms with Crippen molar-refractivity contribution in [3.63, 3.8) is 0 Å². The fraction of sp³-hybridized carbons (Fsp3) is 0.500. The Morgan fingerprint density at radius 2 is 2.05 bits per heavy atom. The molecule has 0 atom stereocenters. The Hall–Kier alpha value is -1.27. The van der Waals surface area contributed by atoms with Crippen molar-refractivity contribution in [2.45, 2.75) is 32.9 Å². The smallest absolute Gasteiger partial charge is 0.407 e. The Bertz CT molecular complexity index is 458. The Kier molecular flexibility index (Phi) is 6.29. The van der Waals surface area contributed by atoms with Crippen molar-refractivity contribution < 1.29 is 14.6 Å². The van der Waals surface area contributed by atoms with Crippen LogP contribution in [-0.4, -0.2) is 29.9 Å². The number of halogens is 1. The summed E-state index contributed by atoms with van der Waals surface area (Å²) in [6.45, 7) is 7.04. The van der Waals surface area contributed by atoms with E-state index in [9.17, 15) is 9.90 Å². The van der Waals surface area contributed by atoms with E-state index in [1.165, 1.54) is 0 Å². The number of rotatable bonds is 5. The number of alkyl carbamates (subject to hydrolysis) is 1. The lowest BCUT2D eigenvalue weighted by molar-refractivity contribution is 0.0528. The van der Waals surface area contributed by atoms with Crippen LogP contribution in [0.25, 0.3) is 0 Å². The van der Waals surface area contributed by atoms with Gasteiger partial charge < -0.3 is 20.5 Å². The van der Waals surface area contributed by atoms with E-state index in [0.29, 0.717) is 24.1 Å². The van der Waals surface area contributed by atoms with Crippen LogP contribution in [0.3, 0.4) is 0 Å². The maximum absolute atomic E-state index is 11.4. The van der Waals surface area contributed by atoms with Crippen LogP contribution in [0.15, 0.2) is 22.7 Å². The number of phenols is 1. The van der Waals surface area contributed by atoms with Gasteiger partial charge in [-0.15, -0.1) is 0 Å². The molecule has 0 aliphatic heterocycles. The van der Waals surface area contributed by atoms with E-state index in [-0.39, 0.29) is 5.75 Å². The molecule has 0 aromatic heterocycles. The van der Waals surface area contributed by atoms with E-state index in [1.807, 2.05) is 32.9 Å². The summed E-state index contributed by atoms with van der Waals surface area (Å²) in [5, 5.41) is 15.6. The van der Waals surface area contributed by atoms with Gasteiger partial charge in [-0.2, -0.15) is 0 Å². The minimum Gasteiger partial charge on any atom is -0.506 e. The highest BCUT2D eigenvalue weighted by Crippen LogP contribution is 2.26. The van der Waals surface area contributed by atoms with E-state index in [2.05, 4.69) is 26.6 Å². The summed E-state index contributed by atoms with van der Waals surface area (Å²) in [7, 11) is 0. The quantitative estimate of drug-likeness (QED) is 0.718. The van der Waals surface area contributed by atoms with Crippen molar-refractivity contribution in [3.8, 4) is 5.75 Å². The molecule has 0 radical (unpaired) electrons. The van der Waals surface area contributed by atoms with Gasteiger partial charge in [-0.1, -0.05) is 12.1 Å². The second-order valence-electron chi connectivity index (χ2n) is 5.35. The zero-order valence-corrected chi connectivity index (χ0v) is 13.6. The summed E-state index contributed by atoms with van der Waals surface area (Å²) >= 11 is 3.26. The van der Waals surface area contributed by atoms with E-state index in [0.717, 1.165) is 5.56 Å². The molecule has 0 bridgehead atoms. The van der Waals surface area contributed by atoms with Crippen molar-refractivity contribution in [1.29, 1.82) is 0 Å². The van der Waals surface area contributed by atoms with Crippen LogP contribution in [0.1, 0.15) is 26.3 Å². The van der Waals surface area contributed by atoms with Gasteiger partial charge in [0.1, 0.15) is 11.4 Å². The molecule has 112 valence electrons. The molecule has 0 saturated carbocycles. The molecular formula is C14H21BrN2O3. The van der Waals surface area contributed by atoms with Crippen molar-refractivity contribution >= 4 is 22.0 Å². The Labute approximate surface area is 127 Å². The first-order chi connectivity index (χ1) is 9.29. The highest BCUT2D eigenvalue weighted by Gasteiger charge is 2.15. The number of nitrogens with one attached hydrogen (secondary N) is 2. The summed E-state index contributed by atoms with van der Waals surface area (Å²) in [5.74, 6) is 0.236. The fourth-order valence-electron chi connectivity index (χ4n) is 1.49. The number of hydrogen-bond donors (Lipinski definition) is 3. The standard InChI is InChI=1S/C14H21BrN2O3/c1-14(2,3)20-13(19)17-8-7-16-9-10-5-4-6-11(15)12(10)18/h4-6,16,18H,7-9H2,1-3H3,(H,17,19). The Morgan fingerprint density at radius 1 is 1.35 bits per heavy atom. The molecule has 5 nitrogen and oxygen atoms in total. The van der Waals surface area contributed by atoms with Crippen molar-refractivity contribution in [1.82, 2.24) is 10.6 Å². The van der Waals surface area contributed by atoms with Gasteiger partial charge in [-0.3, -0.25) is 0 Å². The molecule has 0 unspecified atom stereocenters. The predicted molar refractivity (Wildman–Crippen MR) is 81.8 cm³/mol. The van der Waals surface area contributed by atoms with E-state index >= 15 is 0 Å². The average molecular weight is 345 g/mol. The first kappa shape index (κ1) is 16.8. The van der Waals surface area contributed by atoms with E-state index in [4.69, 9.17) is 4.74 Å². The highest BCUT2D eigenvalue weighted by molar-refractivity contribution is 9.10. The summed E-state index contributed by atoms with van der Waals surface area (Å²) in [6.07, 6.45) is -0.426. The topological polar surface area (TPSA) is 70.6 Å². The van der Waals surface area contributed by atoms with E-state index < -0.39 is 11.7 Å². The molecule has 1 aromatic carbocycles. The number of ether oxygens (including phenoxy) is 1. The lowest BCUT2D eigenvalue weighted by Crippen LogP contribution is -2.36. The summed E-state index contributed by atoms with van der Waals surface area (Å²) in [4.78, 5) is 11.4. The van der Waals surface area contributed by atoms with E-state index in [1.54, 1.807) is 6.07 Å². The summed E-state index contributed by atoms with van der Waals surface area (Å²) in [6, 6.07) is 5.48. The normalized spacial score (nSPS) is 11.2. The summed E-state index contributed by atoms with van der Waals surface area (Å²) in [5.41, 5.74) is 0.316. The van der Waals surface area contributed by atoms with Crippen LogP contribution in [0.4, 0.5) is 4.79 Å². The number of carbonyl (C=O) groups is 1. The second-order valence-corrected chi connectivity index (χ2v) is 6.21. The highest BCUT2D eigenvalue weighted by atomic mass is 79.9. The SMILES string of the molecule is CC(C)(C)OC(=O)NCCNCc1cccc(Br)c1O. The third-order valence-electron chi connectivity index (χ3n) is 2.36. The first-order valence-electron chi connectivity index (χ1n) is 6.43. The first-order valence-corrected chi connectivity index (χ1v) is 7.23. The largest absolute Gasteiger partial charge is 0.506 e. The van der Waals surface area contributed by atoms with Crippen molar-refractivity contribution in [2.75, 3.05) is 13.1 Å². The van der Waals surface area contributed by atoms with Crippen molar-refractivity contribution in [2.24, 2.45) is 0 Å². The molecular weight excluding hydrogens is 324 g/mol. The van der Waals surface area contributed by atoms with Gasteiger partial charge in [0.05, 0.1) is 4.47 Å². The number of phenolic OH excluding ortho intramolecular Hbond substituents is 1. The van der Waals surface area contributed by atoms with Gasteiger partial charge in [0.25, 0.3) is 0 Å². The number of carbonyl (C=O) groups excluding carboxylic acids is 1. The zero-order chi connectivity index (χ0) is 15.2. The molecule has 0 aliphatic carbocycles. The zero-order valence-electron chi connectivity index (χ0n) is 12.0. The summed E-state index contributed by atoms with van der Waals surface area (Å²) < 4.78 is 5.78. The molecule has 1 amide bonds. The van der Waals surface area contributed by atoms with Gasteiger partial charge in [0.15, 0.2) is 0 Å². The van der Waals surface area contributed by atoms with Crippen LogP contribution in [0.2, 0.25) is 0 Å². The minimum atomic E-state index is -0.486. The fourth-order valence-corrected chi connectivity index (χ4v) is 1.90. The molecule has 0 heterocycles.